The van der Waals surface area contributed by atoms with Gasteiger partial charge in [0.05, 0.1) is 16.9 Å². The van der Waals surface area contributed by atoms with Crippen LogP contribution in [-0.4, -0.2) is 44.7 Å². The van der Waals surface area contributed by atoms with Crippen LogP contribution in [0.4, 0.5) is 16.3 Å². The van der Waals surface area contributed by atoms with Crippen LogP contribution in [-0.2, 0) is 11.8 Å². The average Bonchev–Trinajstić information content (AvgIpc) is 3.39. The number of rotatable bonds is 6. The lowest BCUT2D eigenvalue weighted by molar-refractivity contribution is 0.0689. The molecule has 1 aliphatic heterocycles. The minimum absolute atomic E-state index is 0.0530. The van der Waals surface area contributed by atoms with Crippen LogP contribution in [0.15, 0.2) is 72.9 Å². The molecule has 3 amide bonds. The molecule has 4 aromatic rings. The molecule has 5 rings (SSSR count). The highest BCUT2D eigenvalue weighted by Gasteiger charge is 2.26. The number of amides is 3. The molecule has 0 spiro atoms. The topological polar surface area (TPSA) is 92.2 Å². The van der Waals surface area contributed by atoms with Crippen LogP contribution in [0.3, 0.4) is 0 Å². The second-order valence-corrected chi connectivity index (χ2v) is 12.2. The van der Waals surface area contributed by atoms with Crippen LogP contribution >= 0.6 is 0 Å². The van der Waals surface area contributed by atoms with Crippen molar-refractivity contribution in [1.82, 2.24) is 19.7 Å². The molecule has 1 fully saturated rings. The summed E-state index contributed by atoms with van der Waals surface area (Å²) in [4.78, 5) is 32.5. The van der Waals surface area contributed by atoms with E-state index in [-0.39, 0.29) is 17.4 Å². The summed E-state index contributed by atoms with van der Waals surface area (Å²) in [6.45, 7) is 11.7. The number of nitrogens with zero attached hydrogens (tertiary/aromatic N) is 4. The number of aryl methyl sites for hydroxylation is 2. The monoisotopic (exact) mass is 564 g/mol. The van der Waals surface area contributed by atoms with Crippen molar-refractivity contribution in [3.63, 3.8) is 0 Å². The number of para-hydroxylation sites is 1. The summed E-state index contributed by atoms with van der Waals surface area (Å²) in [6, 6.07) is 21.3. The van der Waals surface area contributed by atoms with Crippen LogP contribution in [0.5, 0.6) is 0 Å². The predicted molar refractivity (Wildman–Crippen MR) is 167 cm³/mol. The Morgan fingerprint density at radius 3 is 2.33 bits per heavy atom. The summed E-state index contributed by atoms with van der Waals surface area (Å²) in [6.07, 6.45) is 4.37. The second kappa shape index (κ2) is 12.2. The largest absolute Gasteiger partial charge is 0.339 e. The molecule has 1 saturated heterocycles. The number of hydrogen-bond acceptors (Lipinski definition) is 4. The fourth-order valence-electron chi connectivity index (χ4n) is 5.34. The van der Waals surface area contributed by atoms with Gasteiger partial charge in [0.25, 0.3) is 5.91 Å². The van der Waals surface area contributed by atoms with Crippen molar-refractivity contribution in [3.05, 3.63) is 101 Å². The van der Waals surface area contributed by atoms with Gasteiger partial charge in [0, 0.05) is 42.1 Å². The third-order valence-corrected chi connectivity index (χ3v) is 7.91. The number of nitrogens with one attached hydrogen (secondary N) is 2. The van der Waals surface area contributed by atoms with Gasteiger partial charge in [-0.25, -0.2) is 9.48 Å². The molecule has 0 atom stereocenters. The summed E-state index contributed by atoms with van der Waals surface area (Å²) >= 11 is 0. The van der Waals surface area contributed by atoms with Crippen molar-refractivity contribution in [3.8, 4) is 5.69 Å². The maximum atomic E-state index is 13.3. The van der Waals surface area contributed by atoms with Gasteiger partial charge in [-0.05, 0) is 74.9 Å². The quantitative estimate of drug-likeness (QED) is 0.266. The molecule has 0 saturated carbocycles. The van der Waals surface area contributed by atoms with Gasteiger partial charge in [0.15, 0.2) is 0 Å². The van der Waals surface area contributed by atoms with Gasteiger partial charge < -0.3 is 10.2 Å². The fourth-order valence-corrected chi connectivity index (χ4v) is 5.34. The zero-order chi connectivity index (χ0) is 29.9. The lowest BCUT2D eigenvalue weighted by atomic mass is 9.89. The number of likely N-dealkylation sites (tertiary alicyclic amines) is 1. The molecule has 0 radical (unpaired) electrons. The van der Waals surface area contributed by atoms with E-state index in [0.717, 1.165) is 53.2 Å². The first-order chi connectivity index (χ1) is 20.1. The van der Waals surface area contributed by atoms with Gasteiger partial charge in [-0.15, -0.1) is 0 Å². The van der Waals surface area contributed by atoms with Gasteiger partial charge in [0.2, 0.25) is 0 Å². The zero-order valence-corrected chi connectivity index (χ0v) is 25.1. The third kappa shape index (κ3) is 6.70. The highest BCUT2D eigenvalue weighted by molar-refractivity contribution is 6.00. The number of benzene rings is 2. The molecule has 42 heavy (non-hydrogen) atoms. The Kier molecular flexibility index (Phi) is 8.43. The van der Waals surface area contributed by atoms with Crippen molar-refractivity contribution in [2.45, 2.75) is 59.3 Å². The molecule has 218 valence electrons. The van der Waals surface area contributed by atoms with Crippen molar-refractivity contribution in [1.29, 1.82) is 0 Å². The molecular formula is C34H40N6O2. The molecule has 0 bridgehead atoms. The van der Waals surface area contributed by atoms with Gasteiger partial charge in [0.1, 0.15) is 5.82 Å². The number of urea groups is 1. The number of hydrogen-bond donors (Lipinski definition) is 2. The molecule has 0 aliphatic carbocycles. The smallest absolute Gasteiger partial charge is 0.324 e. The molecule has 2 N–H and O–H groups in total. The molecule has 1 aliphatic rings. The van der Waals surface area contributed by atoms with E-state index in [1.807, 2.05) is 79.4 Å². The van der Waals surface area contributed by atoms with Crippen molar-refractivity contribution in [2.24, 2.45) is 5.92 Å². The van der Waals surface area contributed by atoms with Crippen LogP contribution in [0, 0.1) is 19.8 Å². The summed E-state index contributed by atoms with van der Waals surface area (Å²) in [5, 5.41) is 10.9. The lowest BCUT2D eigenvalue weighted by Gasteiger charge is -2.32. The lowest BCUT2D eigenvalue weighted by Crippen LogP contribution is -2.39. The molecule has 0 unspecified atom stereocenters. The summed E-state index contributed by atoms with van der Waals surface area (Å²) in [7, 11) is 0. The van der Waals surface area contributed by atoms with Crippen molar-refractivity contribution < 1.29 is 9.59 Å². The van der Waals surface area contributed by atoms with E-state index in [1.54, 1.807) is 10.9 Å². The zero-order valence-electron chi connectivity index (χ0n) is 25.1. The highest BCUT2D eigenvalue weighted by atomic mass is 16.2. The van der Waals surface area contributed by atoms with Gasteiger partial charge in [-0.1, -0.05) is 56.7 Å². The Hall–Kier alpha value is -4.46. The highest BCUT2D eigenvalue weighted by Crippen LogP contribution is 2.29. The SMILES string of the molecule is Cc1ccc(-n2nc(C(C)(C)C)cc2NC(=O)Nc2ccccc2CC2CCN(C(=O)c3cccnc3C)CC2)cc1. The summed E-state index contributed by atoms with van der Waals surface area (Å²) in [5.41, 5.74) is 6.07. The Balaban J connectivity index is 1.25. The van der Waals surface area contributed by atoms with E-state index in [4.69, 9.17) is 5.10 Å². The molecule has 2 aromatic carbocycles. The van der Waals surface area contributed by atoms with Crippen molar-refractivity contribution in [2.75, 3.05) is 23.7 Å². The number of pyridine rings is 1. The van der Waals surface area contributed by atoms with Gasteiger partial charge in [-0.2, -0.15) is 5.10 Å². The first kappa shape index (κ1) is 29.0. The van der Waals surface area contributed by atoms with Crippen LogP contribution in [0.25, 0.3) is 5.69 Å². The van der Waals surface area contributed by atoms with E-state index in [2.05, 4.69) is 42.5 Å². The average molecular weight is 565 g/mol. The molecule has 2 aromatic heterocycles. The number of carbonyl (C=O) groups is 2. The Labute approximate surface area is 248 Å². The van der Waals surface area contributed by atoms with Gasteiger partial charge in [-0.3, -0.25) is 15.1 Å². The van der Waals surface area contributed by atoms with E-state index < -0.39 is 0 Å². The molecule has 8 nitrogen and oxygen atoms in total. The van der Waals surface area contributed by atoms with E-state index in [0.29, 0.717) is 30.4 Å². The fraction of sp³-hybridized carbons (Fsp3) is 0.353. The first-order valence-electron chi connectivity index (χ1n) is 14.6. The second-order valence-electron chi connectivity index (χ2n) is 12.2. The minimum Gasteiger partial charge on any atom is -0.339 e. The number of anilines is 2. The summed E-state index contributed by atoms with van der Waals surface area (Å²) in [5.74, 6) is 1.09. The van der Waals surface area contributed by atoms with E-state index >= 15 is 0 Å². The Bertz CT molecular complexity index is 1560. The first-order valence-corrected chi connectivity index (χ1v) is 14.6. The molecule has 8 heteroatoms. The van der Waals surface area contributed by atoms with Crippen LogP contribution in [0.1, 0.15) is 66.5 Å². The van der Waals surface area contributed by atoms with Crippen LogP contribution < -0.4 is 10.6 Å². The van der Waals surface area contributed by atoms with Crippen LogP contribution in [0.2, 0.25) is 0 Å². The Morgan fingerprint density at radius 1 is 0.929 bits per heavy atom. The maximum absolute atomic E-state index is 13.3. The number of aromatic nitrogens is 3. The molecular weight excluding hydrogens is 524 g/mol. The normalized spacial score (nSPS) is 14.1. The van der Waals surface area contributed by atoms with E-state index in [9.17, 15) is 9.59 Å². The molecule has 3 heterocycles. The predicted octanol–water partition coefficient (Wildman–Crippen LogP) is 6.92. The van der Waals surface area contributed by atoms with E-state index in [1.165, 1.54) is 0 Å². The minimum atomic E-state index is -0.316. The van der Waals surface area contributed by atoms with Crippen molar-refractivity contribution >= 4 is 23.4 Å². The summed E-state index contributed by atoms with van der Waals surface area (Å²) < 4.78 is 1.79. The van der Waals surface area contributed by atoms with Gasteiger partial charge >= 0.3 is 6.03 Å². The number of piperidine rings is 1. The maximum Gasteiger partial charge on any atom is 0.324 e. The standard InChI is InChI=1S/C34H40N6O2/c1-23-12-14-27(15-13-23)40-31(22-30(38-40)34(3,4)5)37-33(42)36-29-11-7-6-9-26(29)21-25-16-19-39(20-17-25)32(41)28-10-8-18-35-24(28)2/h6-15,18,22,25H,16-17,19-21H2,1-5H3,(H2,36,37,42). The third-order valence-electron chi connectivity index (χ3n) is 7.91. The Morgan fingerprint density at radius 2 is 1.64 bits per heavy atom. The number of carbonyl (C=O) groups excluding carboxylic acids is 2.